The molecule has 30 heavy (non-hydrogen) atoms. The number of hydrogen-bond donors (Lipinski definition) is 1. The monoisotopic (exact) mass is 408 g/mol. The Morgan fingerprint density at radius 1 is 1.17 bits per heavy atom. The first-order valence-electron chi connectivity index (χ1n) is 10.2. The number of amides is 2. The molecule has 2 aliphatic rings. The molecule has 4 rings (SSSR count). The van der Waals surface area contributed by atoms with Crippen LogP contribution in [0.4, 0.5) is 11.4 Å². The number of fused-ring (bicyclic) bond motifs is 2. The molecule has 1 N–H and O–H groups in total. The molecule has 0 bridgehead atoms. The van der Waals surface area contributed by atoms with E-state index in [9.17, 15) is 14.4 Å². The van der Waals surface area contributed by atoms with Crippen molar-refractivity contribution < 1.29 is 23.9 Å². The number of hydrogen-bond acceptors (Lipinski definition) is 5. The number of carbonyl (C=O) groups is 3. The number of ether oxygens (including phenoxy) is 2. The zero-order chi connectivity index (χ0) is 21.1. The smallest absolute Gasteiger partial charge is 0.308 e. The molecule has 0 fully saturated rings. The van der Waals surface area contributed by atoms with E-state index in [0.717, 1.165) is 19.3 Å². The van der Waals surface area contributed by atoms with Crippen LogP contribution in [0.2, 0.25) is 0 Å². The molecule has 156 valence electrons. The van der Waals surface area contributed by atoms with E-state index in [0.29, 0.717) is 17.1 Å². The summed E-state index contributed by atoms with van der Waals surface area (Å²) in [5.74, 6) is -0.533. The second kappa shape index (κ2) is 8.57. The Morgan fingerprint density at radius 3 is 2.83 bits per heavy atom. The highest BCUT2D eigenvalue weighted by Gasteiger charge is 2.26. The van der Waals surface area contributed by atoms with Crippen LogP contribution in [-0.4, -0.2) is 37.0 Å². The number of para-hydroxylation sites is 2. The molecule has 0 saturated carbocycles. The van der Waals surface area contributed by atoms with Crippen molar-refractivity contribution in [1.29, 1.82) is 0 Å². The summed E-state index contributed by atoms with van der Waals surface area (Å²) in [5.41, 5.74) is 3.92. The molecule has 0 radical (unpaired) electrons. The van der Waals surface area contributed by atoms with Crippen LogP contribution in [0.1, 0.15) is 30.9 Å². The highest BCUT2D eigenvalue weighted by Crippen LogP contribution is 2.31. The van der Waals surface area contributed by atoms with Crippen molar-refractivity contribution >= 4 is 29.2 Å². The molecule has 0 aromatic heterocycles. The van der Waals surface area contributed by atoms with Gasteiger partial charge in [-0.2, -0.15) is 0 Å². The molecule has 7 heteroatoms. The van der Waals surface area contributed by atoms with Crippen LogP contribution in [0.5, 0.6) is 5.75 Å². The van der Waals surface area contributed by atoms with Crippen LogP contribution >= 0.6 is 0 Å². The Labute approximate surface area is 175 Å². The Hall–Kier alpha value is -3.35. The summed E-state index contributed by atoms with van der Waals surface area (Å²) in [7, 11) is 0. The third kappa shape index (κ3) is 4.30. The van der Waals surface area contributed by atoms with Gasteiger partial charge in [-0.25, -0.2) is 0 Å². The van der Waals surface area contributed by atoms with Crippen LogP contribution < -0.4 is 15.0 Å². The van der Waals surface area contributed by atoms with Crippen LogP contribution in [0.15, 0.2) is 42.5 Å². The Kier molecular flexibility index (Phi) is 5.70. The molecule has 0 spiro atoms. The summed E-state index contributed by atoms with van der Waals surface area (Å²) in [4.78, 5) is 38.3. The highest BCUT2D eigenvalue weighted by atomic mass is 16.5. The van der Waals surface area contributed by atoms with Crippen LogP contribution in [0, 0.1) is 0 Å². The van der Waals surface area contributed by atoms with Gasteiger partial charge < -0.3 is 19.7 Å². The Balaban J connectivity index is 1.29. The van der Waals surface area contributed by atoms with E-state index in [1.807, 2.05) is 24.3 Å². The fraction of sp³-hybridized carbons (Fsp3) is 0.348. The number of esters is 1. The molecule has 2 aromatic carbocycles. The average Bonchev–Trinajstić information content (AvgIpc) is 3.21. The van der Waals surface area contributed by atoms with Crippen LogP contribution in [0.25, 0.3) is 0 Å². The standard InChI is InChI=1S/C23H24N2O5/c1-15(23(28)24-18-10-9-16-5-4-6-17(16)13-18)30-22(27)11-12-25-19-7-2-3-8-20(19)29-14-21(25)26/h2-3,7-10,13,15H,4-6,11-12,14H2,1H3,(H,24,28)/t15-/m1/s1. The van der Waals surface area contributed by atoms with Crippen molar-refractivity contribution in [1.82, 2.24) is 0 Å². The minimum Gasteiger partial charge on any atom is -0.482 e. The predicted octanol–water partition coefficient (Wildman–Crippen LogP) is 2.86. The fourth-order valence-corrected chi connectivity index (χ4v) is 3.81. The highest BCUT2D eigenvalue weighted by molar-refractivity contribution is 5.98. The van der Waals surface area contributed by atoms with E-state index in [4.69, 9.17) is 9.47 Å². The number of benzene rings is 2. The van der Waals surface area contributed by atoms with E-state index >= 15 is 0 Å². The maximum Gasteiger partial charge on any atom is 0.308 e. The lowest BCUT2D eigenvalue weighted by atomic mass is 10.1. The molecule has 0 saturated heterocycles. The van der Waals surface area contributed by atoms with Gasteiger partial charge >= 0.3 is 5.97 Å². The van der Waals surface area contributed by atoms with E-state index in [1.54, 1.807) is 18.2 Å². The number of rotatable bonds is 6. The third-order valence-electron chi connectivity index (χ3n) is 5.39. The average molecular weight is 408 g/mol. The number of carbonyl (C=O) groups excluding carboxylic acids is 3. The first kappa shape index (κ1) is 19.9. The van der Waals surface area contributed by atoms with Crippen molar-refractivity contribution in [2.75, 3.05) is 23.4 Å². The zero-order valence-electron chi connectivity index (χ0n) is 16.8. The molecule has 1 atom stereocenters. The zero-order valence-corrected chi connectivity index (χ0v) is 16.8. The Bertz CT molecular complexity index is 987. The van der Waals surface area contributed by atoms with Crippen LogP contribution in [0.3, 0.4) is 0 Å². The van der Waals surface area contributed by atoms with Gasteiger partial charge in [0.15, 0.2) is 12.7 Å². The normalized spacial score (nSPS) is 15.6. The molecule has 1 heterocycles. The lowest BCUT2D eigenvalue weighted by Gasteiger charge is -2.29. The fourth-order valence-electron chi connectivity index (χ4n) is 3.81. The van der Waals surface area contributed by atoms with E-state index < -0.39 is 12.1 Å². The summed E-state index contributed by atoms with van der Waals surface area (Å²) < 4.78 is 10.7. The molecular weight excluding hydrogens is 384 g/mol. The van der Waals surface area contributed by atoms with Gasteiger partial charge in [-0.3, -0.25) is 14.4 Å². The van der Waals surface area contributed by atoms with Crippen LogP contribution in [-0.2, 0) is 32.0 Å². The Morgan fingerprint density at radius 2 is 1.97 bits per heavy atom. The molecule has 1 aliphatic heterocycles. The van der Waals surface area contributed by atoms with Gasteiger partial charge in [0.1, 0.15) is 5.75 Å². The first-order valence-corrected chi connectivity index (χ1v) is 10.2. The van der Waals surface area contributed by atoms with Gasteiger partial charge in [-0.05, 0) is 61.6 Å². The van der Waals surface area contributed by atoms with Gasteiger partial charge in [0.05, 0.1) is 12.1 Å². The quantitative estimate of drug-likeness (QED) is 0.743. The lowest BCUT2D eigenvalue weighted by Crippen LogP contribution is -2.40. The molecular formula is C23H24N2O5. The van der Waals surface area contributed by atoms with Crippen molar-refractivity contribution in [3.8, 4) is 5.75 Å². The summed E-state index contributed by atoms with van der Waals surface area (Å²) in [5, 5.41) is 2.81. The molecule has 2 amide bonds. The van der Waals surface area contributed by atoms with Gasteiger partial charge in [0.25, 0.3) is 11.8 Å². The second-order valence-corrected chi connectivity index (χ2v) is 7.51. The van der Waals surface area contributed by atoms with Crippen molar-refractivity contribution in [3.05, 3.63) is 53.6 Å². The summed E-state index contributed by atoms with van der Waals surface area (Å²) in [6.45, 7) is 1.64. The molecule has 2 aromatic rings. The molecule has 1 aliphatic carbocycles. The summed E-state index contributed by atoms with van der Waals surface area (Å²) in [6, 6.07) is 13.1. The molecule has 7 nitrogen and oxygen atoms in total. The number of nitrogens with zero attached hydrogens (tertiary/aromatic N) is 1. The van der Waals surface area contributed by atoms with Crippen molar-refractivity contribution in [2.24, 2.45) is 0 Å². The maximum atomic E-state index is 12.4. The van der Waals surface area contributed by atoms with Crippen molar-refractivity contribution in [2.45, 2.75) is 38.7 Å². The van der Waals surface area contributed by atoms with Gasteiger partial charge in [-0.1, -0.05) is 18.2 Å². The summed E-state index contributed by atoms with van der Waals surface area (Å²) in [6.07, 6.45) is 2.28. The third-order valence-corrected chi connectivity index (χ3v) is 5.39. The predicted molar refractivity (Wildman–Crippen MR) is 112 cm³/mol. The minimum absolute atomic E-state index is 0.0173. The second-order valence-electron chi connectivity index (χ2n) is 7.51. The maximum absolute atomic E-state index is 12.4. The minimum atomic E-state index is -0.932. The van der Waals surface area contributed by atoms with Gasteiger partial charge in [0, 0.05) is 12.2 Å². The lowest BCUT2D eigenvalue weighted by molar-refractivity contribution is -0.153. The van der Waals surface area contributed by atoms with E-state index in [-0.39, 0.29) is 31.4 Å². The SMILES string of the molecule is C[C@@H](OC(=O)CCN1C(=O)COc2ccccc21)C(=O)Nc1ccc2c(c1)CCC2. The number of anilines is 2. The first-order chi connectivity index (χ1) is 14.5. The molecule has 0 unspecified atom stereocenters. The topological polar surface area (TPSA) is 84.9 Å². The summed E-state index contributed by atoms with van der Waals surface area (Å²) >= 11 is 0. The van der Waals surface area contributed by atoms with E-state index in [1.165, 1.54) is 23.0 Å². The van der Waals surface area contributed by atoms with Crippen molar-refractivity contribution in [3.63, 3.8) is 0 Å². The van der Waals surface area contributed by atoms with Gasteiger partial charge in [-0.15, -0.1) is 0 Å². The number of aryl methyl sites for hydroxylation is 2. The van der Waals surface area contributed by atoms with Gasteiger partial charge in [0.2, 0.25) is 0 Å². The number of nitrogens with one attached hydrogen (secondary N) is 1. The van der Waals surface area contributed by atoms with E-state index in [2.05, 4.69) is 5.32 Å². The largest absolute Gasteiger partial charge is 0.482 e.